The second-order valence-electron chi connectivity index (χ2n) is 6.70. The predicted molar refractivity (Wildman–Crippen MR) is 110 cm³/mol. The van der Waals surface area contributed by atoms with Crippen molar-refractivity contribution in [2.75, 3.05) is 10.5 Å². The van der Waals surface area contributed by atoms with Gasteiger partial charge in [0.25, 0.3) is 5.56 Å². The Morgan fingerprint density at radius 1 is 1.00 bits per heavy atom. The lowest BCUT2D eigenvalue weighted by Crippen LogP contribution is -2.18. The van der Waals surface area contributed by atoms with Crippen LogP contribution in [0.15, 0.2) is 53.5 Å². The molecule has 3 rings (SSSR count). The summed E-state index contributed by atoms with van der Waals surface area (Å²) in [5.41, 5.74) is -1.78. The third-order valence-corrected chi connectivity index (χ3v) is 5.86. The second kappa shape index (κ2) is 8.38. The summed E-state index contributed by atoms with van der Waals surface area (Å²) in [5.74, 6) is -3.71. The first-order valence-corrected chi connectivity index (χ1v) is 10.7. The van der Waals surface area contributed by atoms with Crippen molar-refractivity contribution in [3.63, 3.8) is 0 Å². The average molecular weight is 450 g/mol. The smallest absolute Gasteiger partial charge is 0.253 e. The fourth-order valence-corrected chi connectivity index (χ4v) is 3.50. The number of carbonyl (C=O) groups excluding carboxylic acids is 1. The van der Waals surface area contributed by atoms with Crippen molar-refractivity contribution in [1.82, 2.24) is 4.57 Å². The van der Waals surface area contributed by atoms with E-state index in [4.69, 9.17) is 0 Å². The minimum Gasteiger partial charge on any atom is -0.318 e. The largest absolute Gasteiger partial charge is 0.318 e. The summed E-state index contributed by atoms with van der Waals surface area (Å²) in [6, 6.07) is 6.91. The van der Waals surface area contributed by atoms with E-state index in [1.54, 1.807) is 0 Å². The maximum absolute atomic E-state index is 14.7. The van der Waals surface area contributed by atoms with Gasteiger partial charge in [0, 0.05) is 36.0 Å². The first-order chi connectivity index (χ1) is 14.5. The Morgan fingerprint density at radius 3 is 2.26 bits per heavy atom. The van der Waals surface area contributed by atoms with Gasteiger partial charge in [-0.1, -0.05) is 0 Å². The summed E-state index contributed by atoms with van der Waals surface area (Å²) in [5, 5.41) is 0. The summed E-state index contributed by atoms with van der Waals surface area (Å²) in [7, 11) is -2.52. The Labute approximate surface area is 176 Å². The monoisotopic (exact) mass is 450 g/mol. The summed E-state index contributed by atoms with van der Waals surface area (Å²) < 4.78 is 69.5. The van der Waals surface area contributed by atoms with Crippen molar-refractivity contribution in [2.45, 2.75) is 6.92 Å². The average Bonchev–Trinajstić information content (AvgIpc) is 2.72. The zero-order valence-corrected chi connectivity index (χ0v) is 17.3. The number of sulfonamides is 1. The van der Waals surface area contributed by atoms with E-state index in [1.807, 2.05) is 0 Å². The van der Waals surface area contributed by atoms with Crippen LogP contribution >= 0.6 is 0 Å². The van der Waals surface area contributed by atoms with E-state index in [-0.39, 0.29) is 28.0 Å². The van der Waals surface area contributed by atoms with Gasteiger partial charge in [0.1, 0.15) is 17.5 Å². The number of pyridine rings is 1. The number of nitrogens with zero attached hydrogens (tertiary/aromatic N) is 1. The number of aromatic nitrogens is 1. The number of rotatable bonds is 6. The van der Waals surface area contributed by atoms with Crippen LogP contribution in [0.1, 0.15) is 22.8 Å². The molecule has 6 nitrogen and oxygen atoms in total. The first kappa shape index (κ1) is 22.3. The Balaban J connectivity index is 2.28. The number of ketones is 1. The van der Waals surface area contributed by atoms with Crippen LogP contribution in [-0.2, 0) is 17.1 Å². The summed E-state index contributed by atoms with van der Waals surface area (Å²) >= 11 is 0. The van der Waals surface area contributed by atoms with Crippen LogP contribution < -0.4 is 10.3 Å². The molecular weight excluding hydrogens is 433 g/mol. The summed E-state index contributed by atoms with van der Waals surface area (Å²) in [4.78, 5) is 24.7. The highest BCUT2D eigenvalue weighted by molar-refractivity contribution is 7.92. The highest BCUT2D eigenvalue weighted by atomic mass is 32.2. The van der Waals surface area contributed by atoms with Gasteiger partial charge in [-0.25, -0.2) is 21.6 Å². The number of nitrogens with one attached hydrogen (secondary N) is 1. The summed E-state index contributed by atoms with van der Waals surface area (Å²) in [6.07, 6.45) is 1.12. The van der Waals surface area contributed by atoms with E-state index >= 15 is 0 Å². The number of hydrogen-bond donors (Lipinski definition) is 1. The maximum atomic E-state index is 14.7. The zero-order valence-electron chi connectivity index (χ0n) is 16.4. The van der Waals surface area contributed by atoms with Gasteiger partial charge in [-0.2, -0.15) is 0 Å². The maximum Gasteiger partial charge on any atom is 0.253 e. The van der Waals surface area contributed by atoms with E-state index in [2.05, 4.69) is 4.72 Å². The van der Waals surface area contributed by atoms with Crippen LogP contribution in [0.4, 0.5) is 18.9 Å². The molecule has 2 aromatic carbocycles. The van der Waals surface area contributed by atoms with Crippen LogP contribution in [0.2, 0.25) is 0 Å². The van der Waals surface area contributed by atoms with Crippen LogP contribution in [-0.4, -0.2) is 24.5 Å². The molecule has 0 saturated carbocycles. The Bertz CT molecular complexity index is 1330. The molecule has 1 aromatic heterocycles. The topological polar surface area (TPSA) is 85.2 Å². The molecule has 0 atom stereocenters. The van der Waals surface area contributed by atoms with Gasteiger partial charge in [0.2, 0.25) is 10.0 Å². The number of hydrogen-bond acceptors (Lipinski definition) is 4. The molecule has 0 aliphatic rings. The molecule has 0 aliphatic carbocycles. The van der Waals surface area contributed by atoms with Gasteiger partial charge in [0.05, 0.1) is 11.4 Å². The molecule has 10 heteroatoms. The lowest BCUT2D eigenvalue weighted by molar-refractivity contribution is 0.103. The minimum absolute atomic E-state index is 0.00849. The number of benzene rings is 2. The third kappa shape index (κ3) is 4.69. The van der Waals surface area contributed by atoms with Crippen molar-refractivity contribution in [1.29, 1.82) is 0 Å². The van der Waals surface area contributed by atoms with Gasteiger partial charge >= 0.3 is 0 Å². The van der Waals surface area contributed by atoms with Gasteiger partial charge < -0.3 is 4.57 Å². The SMILES string of the molecule is CCS(=O)(=O)Nc1cc(-c2cn(C)c(=O)cc2F)c(C(=O)c2ccc(F)cc2)cc1F. The fourth-order valence-electron chi connectivity index (χ4n) is 2.86. The molecule has 3 aromatic rings. The van der Waals surface area contributed by atoms with Crippen molar-refractivity contribution >= 4 is 21.5 Å². The lowest BCUT2D eigenvalue weighted by atomic mass is 9.93. The Kier molecular flexibility index (Phi) is 6.03. The molecule has 1 N–H and O–H groups in total. The highest BCUT2D eigenvalue weighted by Crippen LogP contribution is 2.32. The molecule has 0 radical (unpaired) electrons. The molecular formula is C21H17F3N2O4S. The van der Waals surface area contributed by atoms with E-state index < -0.39 is 44.5 Å². The third-order valence-electron chi connectivity index (χ3n) is 4.57. The molecule has 0 bridgehead atoms. The quantitative estimate of drug-likeness (QED) is 0.583. The number of halogens is 3. The van der Waals surface area contributed by atoms with Crippen molar-refractivity contribution in [3.8, 4) is 11.1 Å². The van der Waals surface area contributed by atoms with E-state index in [0.717, 1.165) is 35.0 Å². The molecule has 0 amide bonds. The molecule has 31 heavy (non-hydrogen) atoms. The first-order valence-electron chi connectivity index (χ1n) is 9.03. The summed E-state index contributed by atoms with van der Waals surface area (Å²) in [6.45, 7) is 1.35. The van der Waals surface area contributed by atoms with Crippen molar-refractivity contribution < 1.29 is 26.4 Å². The van der Waals surface area contributed by atoms with E-state index in [9.17, 15) is 31.2 Å². The Morgan fingerprint density at radius 2 is 1.65 bits per heavy atom. The Hall–Kier alpha value is -3.40. The normalized spacial score (nSPS) is 11.4. The second-order valence-corrected chi connectivity index (χ2v) is 8.71. The van der Waals surface area contributed by atoms with Gasteiger partial charge in [-0.15, -0.1) is 0 Å². The molecule has 0 unspecified atom stereocenters. The number of aryl methyl sites for hydroxylation is 1. The number of anilines is 1. The number of carbonyl (C=O) groups is 1. The molecule has 1 heterocycles. The van der Waals surface area contributed by atoms with Crippen molar-refractivity contribution in [3.05, 3.63) is 87.6 Å². The van der Waals surface area contributed by atoms with Crippen LogP contribution in [0, 0.1) is 17.5 Å². The zero-order chi connectivity index (χ0) is 22.9. The molecule has 0 saturated heterocycles. The molecule has 0 fully saturated rings. The van der Waals surface area contributed by atoms with Gasteiger partial charge in [-0.3, -0.25) is 14.3 Å². The van der Waals surface area contributed by atoms with Gasteiger partial charge in [-0.05, 0) is 48.9 Å². The molecule has 162 valence electrons. The van der Waals surface area contributed by atoms with Crippen LogP contribution in [0.25, 0.3) is 11.1 Å². The molecule has 0 aliphatic heterocycles. The minimum atomic E-state index is -3.87. The van der Waals surface area contributed by atoms with Crippen molar-refractivity contribution in [2.24, 2.45) is 7.05 Å². The standard InChI is InChI=1S/C21H17F3N2O4S/c1-3-31(29,30)25-19-9-14(16-11-26(2)20(27)10-17(16)23)15(8-18(19)24)21(28)12-4-6-13(22)7-5-12/h4-11,25H,3H2,1-2H3. The van der Waals surface area contributed by atoms with Crippen LogP contribution in [0.3, 0.4) is 0 Å². The lowest BCUT2D eigenvalue weighted by Gasteiger charge is -2.15. The highest BCUT2D eigenvalue weighted by Gasteiger charge is 2.23. The predicted octanol–water partition coefficient (Wildman–Crippen LogP) is 3.46. The fraction of sp³-hybridized carbons (Fsp3) is 0.143. The van der Waals surface area contributed by atoms with E-state index in [1.165, 1.54) is 26.1 Å². The van der Waals surface area contributed by atoms with Crippen LogP contribution in [0.5, 0.6) is 0 Å². The van der Waals surface area contributed by atoms with E-state index in [0.29, 0.717) is 6.07 Å². The molecule has 0 spiro atoms. The van der Waals surface area contributed by atoms with Gasteiger partial charge in [0.15, 0.2) is 5.78 Å².